The van der Waals surface area contributed by atoms with Crippen molar-refractivity contribution in [1.29, 1.82) is 0 Å². The summed E-state index contributed by atoms with van der Waals surface area (Å²) in [6, 6.07) is 16.6. The van der Waals surface area contributed by atoms with E-state index < -0.39 is 17.5 Å². The molecule has 7 nitrogen and oxygen atoms in total. The Morgan fingerprint density at radius 3 is 2.29 bits per heavy atom. The lowest BCUT2D eigenvalue weighted by Gasteiger charge is -2.27. The summed E-state index contributed by atoms with van der Waals surface area (Å²) in [5.41, 5.74) is 4.31. The Kier molecular flexibility index (Phi) is 5.31. The van der Waals surface area contributed by atoms with Crippen LogP contribution in [0.4, 0.5) is 4.79 Å². The monoisotopic (exact) mass is 474 g/mol. The molecule has 0 radical (unpaired) electrons. The smallest absolute Gasteiger partial charge is 0.407 e. The van der Waals surface area contributed by atoms with Gasteiger partial charge in [-0.15, -0.1) is 0 Å². The summed E-state index contributed by atoms with van der Waals surface area (Å²) < 4.78 is 5.70. The van der Waals surface area contributed by atoms with Crippen LogP contribution in [-0.2, 0) is 14.3 Å². The fraction of sp³-hybridized carbons (Fsp3) is 0.464. The highest BCUT2D eigenvalue weighted by atomic mass is 16.5. The number of nitrogens with one attached hydrogen (secondary N) is 1. The lowest BCUT2D eigenvalue weighted by Crippen LogP contribution is -2.42. The molecule has 0 heterocycles. The largest absolute Gasteiger partial charge is 0.481 e. The van der Waals surface area contributed by atoms with E-state index in [2.05, 4.69) is 29.6 Å². The molecule has 4 aliphatic carbocycles. The van der Waals surface area contributed by atoms with Gasteiger partial charge in [-0.25, -0.2) is 4.79 Å². The minimum atomic E-state index is -0.880. The van der Waals surface area contributed by atoms with Crippen molar-refractivity contribution in [2.75, 3.05) is 13.2 Å². The highest BCUT2D eigenvalue weighted by molar-refractivity contribution is 5.88. The molecule has 0 spiro atoms. The zero-order chi connectivity index (χ0) is 24.2. The van der Waals surface area contributed by atoms with Crippen LogP contribution in [0.2, 0.25) is 0 Å². The second-order valence-corrected chi connectivity index (χ2v) is 10.5. The van der Waals surface area contributed by atoms with Crippen LogP contribution in [0.15, 0.2) is 48.5 Å². The van der Waals surface area contributed by atoms with E-state index in [0.717, 1.165) is 25.7 Å². The first-order chi connectivity index (χ1) is 17.0. The lowest BCUT2D eigenvalue weighted by molar-refractivity contribution is -0.141. The number of benzene rings is 2. The van der Waals surface area contributed by atoms with Gasteiger partial charge in [-0.1, -0.05) is 48.5 Å². The molecule has 0 bridgehead atoms. The third kappa shape index (κ3) is 3.97. The number of hydrogen-bond donors (Lipinski definition) is 2. The van der Waals surface area contributed by atoms with Crippen molar-refractivity contribution >= 4 is 18.0 Å². The lowest BCUT2D eigenvalue weighted by atomic mass is 9.98. The minimum absolute atomic E-state index is 0.0133. The Bertz CT molecular complexity index is 1150. The SMILES string of the molecule is O=C(O)CCN(C(=O)C12CC(NC(=O)OCC3c4ccccc4-c4ccccc43)CC1C2)C1CC1. The molecule has 3 unspecified atom stereocenters. The van der Waals surface area contributed by atoms with E-state index in [1.165, 1.54) is 22.3 Å². The van der Waals surface area contributed by atoms with Gasteiger partial charge in [0.25, 0.3) is 0 Å². The Labute approximate surface area is 204 Å². The maximum atomic E-state index is 13.4. The fourth-order valence-corrected chi connectivity index (χ4v) is 6.41. The number of carboxylic acid groups (broad SMARTS) is 1. The summed E-state index contributed by atoms with van der Waals surface area (Å²) in [7, 11) is 0. The Balaban J connectivity index is 1.06. The van der Waals surface area contributed by atoms with Gasteiger partial charge in [0, 0.05) is 24.5 Å². The number of fused-ring (bicyclic) bond motifs is 4. The molecular weight excluding hydrogens is 444 g/mol. The molecule has 7 heteroatoms. The molecule has 4 aliphatic rings. The highest BCUT2D eigenvalue weighted by Crippen LogP contribution is 2.64. The van der Waals surface area contributed by atoms with Gasteiger partial charge in [0.05, 0.1) is 11.8 Å². The third-order valence-electron chi connectivity index (χ3n) is 8.32. The number of rotatable bonds is 8. The van der Waals surface area contributed by atoms with Crippen LogP contribution < -0.4 is 5.32 Å². The van der Waals surface area contributed by atoms with Gasteiger partial charge >= 0.3 is 12.1 Å². The molecule has 2 aromatic carbocycles. The first kappa shape index (κ1) is 22.1. The number of carbonyl (C=O) groups is 3. The predicted octanol–water partition coefficient (Wildman–Crippen LogP) is 4.16. The highest BCUT2D eigenvalue weighted by Gasteiger charge is 2.66. The van der Waals surface area contributed by atoms with Crippen LogP contribution in [0.3, 0.4) is 0 Å². The molecule has 0 aliphatic heterocycles. The summed E-state index contributed by atoms with van der Waals surface area (Å²) in [6.45, 7) is 0.544. The summed E-state index contributed by atoms with van der Waals surface area (Å²) in [5, 5.41) is 12.1. The maximum Gasteiger partial charge on any atom is 0.407 e. The van der Waals surface area contributed by atoms with Gasteiger partial charge in [-0.05, 0) is 60.3 Å². The van der Waals surface area contributed by atoms with Crippen LogP contribution in [0.5, 0.6) is 0 Å². The van der Waals surface area contributed by atoms with E-state index in [9.17, 15) is 14.4 Å². The zero-order valence-electron chi connectivity index (χ0n) is 19.6. The van der Waals surface area contributed by atoms with E-state index in [4.69, 9.17) is 9.84 Å². The Hall–Kier alpha value is -3.35. The first-order valence-electron chi connectivity index (χ1n) is 12.6. The van der Waals surface area contributed by atoms with Crippen molar-refractivity contribution in [3.8, 4) is 11.1 Å². The maximum absolute atomic E-state index is 13.4. The second kappa shape index (κ2) is 8.40. The molecule has 6 rings (SSSR count). The van der Waals surface area contributed by atoms with E-state index >= 15 is 0 Å². The van der Waals surface area contributed by atoms with Gasteiger partial charge in [0.2, 0.25) is 5.91 Å². The Morgan fingerprint density at radius 1 is 1.00 bits per heavy atom. The van der Waals surface area contributed by atoms with Crippen molar-refractivity contribution in [3.63, 3.8) is 0 Å². The molecule has 3 fully saturated rings. The molecule has 2 aromatic rings. The number of hydrogen-bond acceptors (Lipinski definition) is 4. The van der Waals surface area contributed by atoms with Gasteiger partial charge in [0.1, 0.15) is 6.61 Å². The van der Waals surface area contributed by atoms with Crippen LogP contribution in [0, 0.1) is 11.3 Å². The third-order valence-corrected chi connectivity index (χ3v) is 8.32. The average molecular weight is 475 g/mol. The quantitative estimate of drug-likeness (QED) is 0.599. The van der Waals surface area contributed by atoms with Crippen molar-refractivity contribution in [2.45, 2.75) is 56.5 Å². The standard InChI is InChI=1S/C28H30N2O5/c31-25(32)11-12-30(19-9-10-19)26(33)28-14-17(28)13-18(15-28)29-27(34)35-16-24-22-7-3-1-5-20(22)21-6-2-4-8-23(21)24/h1-8,17-19,24H,9-16H2,(H,29,34)(H,31,32). The van der Waals surface area contributed by atoms with Crippen molar-refractivity contribution < 1.29 is 24.2 Å². The fourth-order valence-electron chi connectivity index (χ4n) is 6.41. The van der Waals surface area contributed by atoms with E-state index in [0.29, 0.717) is 6.42 Å². The van der Waals surface area contributed by atoms with Gasteiger partial charge in [-0.3, -0.25) is 9.59 Å². The van der Waals surface area contributed by atoms with Crippen LogP contribution >= 0.6 is 0 Å². The number of nitrogens with zero attached hydrogens (tertiary/aromatic N) is 1. The zero-order valence-corrected chi connectivity index (χ0v) is 19.6. The summed E-state index contributed by atoms with van der Waals surface area (Å²) >= 11 is 0. The molecule has 2 N–H and O–H groups in total. The molecule has 0 aromatic heterocycles. The number of amides is 2. The molecular formula is C28H30N2O5. The topological polar surface area (TPSA) is 95.9 Å². The summed E-state index contributed by atoms with van der Waals surface area (Å²) in [6.07, 6.45) is 3.66. The van der Waals surface area contributed by atoms with E-state index in [-0.39, 0.29) is 49.4 Å². The minimum Gasteiger partial charge on any atom is -0.481 e. The van der Waals surface area contributed by atoms with Crippen molar-refractivity contribution in [2.24, 2.45) is 11.3 Å². The molecule has 3 atom stereocenters. The number of ether oxygens (including phenoxy) is 1. The van der Waals surface area contributed by atoms with Crippen LogP contribution in [-0.4, -0.2) is 53.2 Å². The average Bonchev–Trinajstić information content (AvgIpc) is 3.75. The van der Waals surface area contributed by atoms with Crippen LogP contribution in [0.25, 0.3) is 11.1 Å². The van der Waals surface area contributed by atoms with E-state index in [1.807, 2.05) is 24.3 Å². The number of aliphatic carboxylic acids is 1. The van der Waals surface area contributed by atoms with Gasteiger partial charge < -0.3 is 20.1 Å². The molecule has 0 saturated heterocycles. The first-order valence-corrected chi connectivity index (χ1v) is 12.6. The molecule has 35 heavy (non-hydrogen) atoms. The van der Waals surface area contributed by atoms with Gasteiger partial charge in [0.15, 0.2) is 0 Å². The Morgan fingerprint density at radius 2 is 1.66 bits per heavy atom. The molecule has 182 valence electrons. The molecule has 2 amide bonds. The normalized spacial score (nSPS) is 25.8. The summed E-state index contributed by atoms with van der Waals surface area (Å²) in [5.74, 6) is -0.517. The predicted molar refractivity (Wildman–Crippen MR) is 129 cm³/mol. The number of carbonyl (C=O) groups excluding carboxylic acids is 2. The van der Waals surface area contributed by atoms with Crippen molar-refractivity contribution in [1.82, 2.24) is 10.2 Å². The number of alkyl carbamates (subject to hydrolysis) is 1. The van der Waals surface area contributed by atoms with Gasteiger partial charge in [-0.2, -0.15) is 0 Å². The number of carboxylic acids is 1. The van der Waals surface area contributed by atoms with Crippen LogP contribution in [0.1, 0.15) is 55.6 Å². The van der Waals surface area contributed by atoms with Crippen molar-refractivity contribution in [3.05, 3.63) is 59.7 Å². The molecule has 3 saturated carbocycles. The summed E-state index contributed by atoms with van der Waals surface area (Å²) in [4.78, 5) is 38.9. The van der Waals surface area contributed by atoms with E-state index in [1.54, 1.807) is 4.90 Å². The second-order valence-electron chi connectivity index (χ2n) is 10.5.